The van der Waals surface area contributed by atoms with E-state index in [1.807, 2.05) is 25.6 Å². The quantitative estimate of drug-likeness (QED) is 0.875. The van der Waals surface area contributed by atoms with E-state index in [2.05, 4.69) is 34.9 Å². The minimum absolute atomic E-state index is 0.0676. The number of rotatable bonds is 4. The molecule has 1 aliphatic heterocycles. The molecule has 4 heteroatoms. The van der Waals surface area contributed by atoms with Crippen molar-refractivity contribution in [2.75, 3.05) is 12.3 Å². The third-order valence-electron chi connectivity index (χ3n) is 2.93. The van der Waals surface area contributed by atoms with Gasteiger partial charge in [-0.2, -0.15) is 11.8 Å². The standard InChI is InChI=1S/C14H20N2OS/c1-10(2)16-14(17)7-15-13-9-18-8-11-5-3-4-6-12(11)13/h3-6,10,13,15H,7-9H2,1-2H3,(H,16,17). The van der Waals surface area contributed by atoms with Gasteiger partial charge in [0.2, 0.25) is 5.91 Å². The molecule has 0 saturated carbocycles. The molecule has 1 amide bonds. The lowest BCUT2D eigenvalue weighted by Gasteiger charge is -2.26. The summed E-state index contributed by atoms with van der Waals surface area (Å²) in [4.78, 5) is 11.6. The maximum Gasteiger partial charge on any atom is 0.234 e. The molecule has 1 atom stereocenters. The second-order valence-corrected chi connectivity index (χ2v) is 5.90. The fourth-order valence-corrected chi connectivity index (χ4v) is 3.27. The highest BCUT2D eigenvalue weighted by Crippen LogP contribution is 2.31. The van der Waals surface area contributed by atoms with Crippen LogP contribution in [0.25, 0.3) is 0 Å². The van der Waals surface area contributed by atoms with Crippen LogP contribution in [0.2, 0.25) is 0 Å². The van der Waals surface area contributed by atoms with Crippen molar-refractivity contribution >= 4 is 17.7 Å². The number of fused-ring (bicyclic) bond motifs is 1. The highest BCUT2D eigenvalue weighted by Gasteiger charge is 2.20. The first kappa shape index (κ1) is 13.4. The fourth-order valence-electron chi connectivity index (χ4n) is 2.14. The van der Waals surface area contributed by atoms with E-state index in [1.165, 1.54) is 11.1 Å². The van der Waals surface area contributed by atoms with Crippen LogP contribution in [0.5, 0.6) is 0 Å². The molecule has 1 aromatic carbocycles. The van der Waals surface area contributed by atoms with E-state index in [9.17, 15) is 4.79 Å². The van der Waals surface area contributed by atoms with Crippen LogP contribution in [-0.2, 0) is 10.5 Å². The highest BCUT2D eigenvalue weighted by atomic mass is 32.2. The summed E-state index contributed by atoms with van der Waals surface area (Å²) in [6, 6.07) is 8.97. The van der Waals surface area contributed by atoms with Gasteiger partial charge in [0.05, 0.1) is 6.54 Å². The van der Waals surface area contributed by atoms with Crippen LogP contribution in [0.1, 0.15) is 31.0 Å². The van der Waals surface area contributed by atoms with Gasteiger partial charge in [-0.05, 0) is 25.0 Å². The molecule has 1 aliphatic rings. The van der Waals surface area contributed by atoms with E-state index in [-0.39, 0.29) is 18.0 Å². The second kappa shape index (κ2) is 6.25. The number of carbonyl (C=O) groups excluding carboxylic acids is 1. The number of hydrogen-bond donors (Lipinski definition) is 2. The van der Waals surface area contributed by atoms with Crippen LogP contribution in [-0.4, -0.2) is 24.2 Å². The summed E-state index contributed by atoms with van der Waals surface area (Å²) in [6.45, 7) is 4.34. The summed E-state index contributed by atoms with van der Waals surface area (Å²) in [5.74, 6) is 2.18. The number of nitrogens with one attached hydrogen (secondary N) is 2. The molecule has 0 fully saturated rings. The van der Waals surface area contributed by atoms with Gasteiger partial charge < -0.3 is 10.6 Å². The molecule has 1 heterocycles. The van der Waals surface area contributed by atoms with Crippen molar-refractivity contribution in [3.63, 3.8) is 0 Å². The Morgan fingerprint density at radius 1 is 1.44 bits per heavy atom. The topological polar surface area (TPSA) is 41.1 Å². The van der Waals surface area contributed by atoms with E-state index < -0.39 is 0 Å². The summed E-state index contributed by atoms with van der Waals surface area (Å²) in [7, 11) is 0. The summed E-state index contributed by atoms with van der Waals surface area (Å²) < 4.78 is 0. The van der Waals surface area contributed by atoms with Crippen LogP contribution >= 0.6 is 11.8 Å². The van der Waals surface area contributed by atoms with Gasteiger partial charge >= 0.3 is 0 Å². The van der Waals surface area contributed by atoms with Crippen LogP contribution in [0.15, 0.2) is 24.3 Å². The molecule has 2 rings (SSSR count). The minimum Gasteiger partial charge on any atom is -0.353 e. The zero-order valence-electron chi connectivity index (χ0n) is 10.9. The van der Waals surface area contributed by atoms with E-state index in [0.29, 0.717) is 6.54 Å². The summed E-state index contributed by atoms with van der Waals surface area (Å²) in [5.41, 5.74) is 2.73. The number of thioether (sulfide) groups is 1. The largest absolute Gasteiger partial charge is 0.353 e. The molecular formula is C14H20N2OS. The number of amides is 1. The van der Waals surface area contributed by atoms with E-state index in [1.54, 1.807) is 0 Å². The van der Waals surface area contributed by atoms with Gasteiger partial charge in [-0.3, -0.25) is 4.79 Å². The summed E-state index contributed by atoms with van der Waals surface area (Å²) >= 11 is 1.92. The Labute approximate surface area is 113 Å². The molecule has 3 nitrogen and oxygen atoms in total. The molecule has 1 aromatic rings. The van der Waals surface area contributed by atoms with Gasteiger partial charge in [0, 0.05) is 23.6 Å². The molecule has 0 spiro atoms. The van der Waals surface area contributed by atoms with Crippen molar-refractivity contribution in [1.82, 2.24) is 10.6 Å². The number of carbonyl (C=O) groups is 1. The maximum absolute atomic E-state index is 11.6. The Balaban J connectivity index is 1.93. The molecule has 0 saturated heterocycles. The number of hydrogen-bond acceptors (Lipinski definition) is 3. The van der Waals surface area contributed by atoms with Crippen molar-refractivity contribution in [1.29, 1.82) is 0 Å². The molecule has 1 unspecified atom stereocenters. The Kier molecular flexibility index (Phi) is 4.66. The fraction of sp³-hybridized carbons (Fsp3) is 0.500. The first-order chi connectivity index (χ1) is 8.66. The minimum atomic E-state index is 0.0676. The molecule has 98 valence electrons. The molecule has 0 aliphatic carbocycles. The van der Waals surface area contributed by atoms with Gasteiger partial charge in [-0.25, -0.2) is 0 Å². The van der Waals surface area contributed by atoms with Gasteiger partial charge in [-0.15, -0.1) is 0 Å². The van der Waals surface area contributed by atoms with Gasteiger partial charge in [0.25, 0.3) is 0 Å². The van der Waals surface area contributed by atoms with Gasteiger partial charge in [0.15, 0.2) is 0 Å². The molecular weight excluding hydrogens is 244 g/mol. The Bertz CT molecular complexity index is 420. The molecule has 0 radical (unpaired) electrons. The third kappa shape index (κ3) is 3.50. The van der Waals surface area contributed by atoms with Crippen LogP contribution in [0.4, 0.5) is 0 Å². The average Bonchev–Trinajstić information content (AvgIpc) is 2.35. The monoisotopic (exact) mass is 264 g/mol. The lowest BCUT2D eigenvalue weighted by Crippen LogP contribution is -2.40. The van der Waals surface area contributed by atoms with Crippen LogP contribution in [0.3, 0.4) is 0 Å². The molecule has 0 aromatic heterocycles. The van der Waals surface area contributed by atoms with Crippen LogP contribution in [0, 0.1) is 0 Å². The molecule has 18 heavy (non-hydrogen) atoms. The molecule has 2 N–H and O–H groups in total. The van der Waals surface area contributed by atoms with E-state index >= 15 is 0 Å². The summed E-state index contributed by atoms with van der Waals surface area (Å²) in [5, 5.41) is 6.25. The Morgan fingerprint density at radius 2 is 2.22 bits per heavy atom. The van der Waals surface area contributed by atoms with Crippen molar-refractivity contribution in [2.24, 2.45) is 0 Å². The summed E-state index contributed by atoms with van der Waals surface area (Å²) in [6.07, 6.45) is 0. The average molecular weight is 264 g/mol. The third-order valence-corrected chi connectivity index (χ3v) is 4.02. The lowest BCUT2D eigenvalue weighted by atomic mass is 10.0. The Hall–Kier alpha value is -1.00. The van der Waals surface area contributed by atoms with Crippen molar-refractivity contribution in [3.05, 3.63) is 35.4 Å². The van der Waals surface area contributed by atoms with Gasteiger partial charge in [-0.1, -0.05) is 24.3 Å². The zero-order chi connectivity index (χ0) is 13.0. The highest BCUT2D eigenvalue weighted by molar-refractivity contribution is 7.98. The predicted molar refractivity (Wildman–Crippen MR) is 76.6 cm³/mol. The van der Waals surface area contributed by atoms with E-state index in [0.717, 1.165) is 11.5 Å². The van der Waals surface area contributed by atoms with Crippen LogP contribution < -0.4 is 10.6 Å². The first-order valence-electron chi connectivity index (χ1n) is 6.35. The SMILES string of the molecule is CC(C)NC(=O)CNC1CSCc2ccccc21. The molecule has 0 bridgehead atoms. The predicted octanol–water partition coefficient (Wildman–Crippen LogP) is 2.09. The normalized spacial score (nSPS) is 18.5. The van der Waals surface area contributed by atoms with Crippen molar-refractivity contribution in [2.45, 2.75) is 31.7 Å². The van der Waals surface area contributed by atoms with Crippen molar-refractivity contribution < 1.29 is 4.79 Å². The van der Waals surface area contributed by atoms with Crippen molar-refractivity contribution in [3.8, 4) is 0 Å². The van der Waals surface area contributed by atoms with E-state index in [4.69, 9.17) is 0 Å². The second-order valence-electron chi connectivity index (χ2n) is 4.87. The van der Waals surface area contributed by atoms with Gasteiger partial charge in [0.1, 0.15) is 0 Å². The smallest absolute Gasteiger partial charge is 0.234 e. The first-order valence-corrected chi connectivity index (χ1v) is 7.50. The lowest BCUT2D eigenvalue weighted by molar-refractivity contribution is -0.120. The zero-order valence-corrected chi connectivity index (χ0v) is 11.7. The Morgan fingerprint density at radius 3 is 3.00 bits per heavy atom. The number of benzene rings is 1. The maximum atomic E-state index is 11.6.